The lowest BCUT2D eigenvalue weighted by Crippen LogP contribution is -2.52. The molecule has 1 aromatic rings. The highest BCUT2D eigenvalue weighted by Gasteiger charge is 2.28. The standard InChI is InChI=1S/C14H19N5O4/c1-9(23-14(22)11-12(15)17-4-3-16-11)13(21)19-7-5-18(6-8-19)10(2)20/h3-4,9H,5-8H2,1-2H3,(H2,15,17)/t9-/m0/s1. The van der Waals surface area contributed by atoms with E-state index in [4.69, 9.17) is 10.5 Å². The third-order valence-electron chi connectivity index (χ3n) is 3.59. The van der Waals surface area contributed by atoms with Crippen LogP contribution in [-0.2, 0) is 14.3 Å². The summed E-state index contributed by atoms with van der Waals surface area (Å²) in [5, 5.41) is 0. The van der Waals surface area contributed by atoms with Gasteiger partial charge in [0.1, 0.15) is 0 Å². The van der Waals surface area contributed by atoms with Gasteiger partial charge in [-0.2, -0.15) is 0 Å². The molecular weight excluding hydrogens is 302 g/mol. The van der Waals surface area contributed by atoms with Crippen molar-refractivity contribution in [2.24, 2.45) is 0 Å². The highest BCUT2D eigenvalue weighted by molar-refractivity contribution is 5.94. The molecule has 1 atom stereocenters. The first-order valence-corrected chi connectivity index (χ1v) is 7.22. The summed E-state index contributed by atoms with van der Waals surface area (Å²) in [7, 11) is 0. The summed E-state index contributed by atoms with van der Waals surface area (Å²) in [4.78, 5) is 46.3. The Hall–Kier alpha value is -2.71. The number of rotatable bonds is 3. The van der Waals surface area contributed by atoms with E-state index in [-0.39, 0.29) is 23.3 Å². The number of nitrogens with two attached hydrogens (primary N) is 1. The largest absolute Gasteiger partial charge is 0.448 e. The number of esters is 1. The summed E-state index contributed by atoms with van der Waals surface area (Å²) in [5.41, 5.74) is 5.44. The van der Waals surface area contributed by atoms with Gasteiger partial charge >= 0.3 is 5.97 Å². The number of carbonyl (C=O) groups is 3. The summed E-state index contributed by atoms with van der Waals surface area (Å²) in [6.45, 7) is 4.75. The Morgan fingerprint density at radius 3 is 2.26 bits per heavy atom. The van der Waals surface area contributed by atoms with E-state index in [2.05, 4.69) is 9.97 Å². The normalized spacial score (nSPS) is 15.9. The van der Waals surface area contributed by atoms with Gasteiger partial charge in [-0.15, -0.1) is 0 Å². The molecule has 1 aromatic heterocycles. The van der Waals surface area contributed by atoms with Crippen LogP contribution in [0.4, 0.5) is 5.82 Å². The molecule has 23 heavy (non-hydrogen) atoms. The van der Waals surface area contributed by atoms with Crippen LogP contribution in [0, 0.1) is 0 Å². The van der Waals surface area contributed by atoms with Crippen molar-refractivity contribution in [3.63, 3.8) is 0 Å². The molecule has 1 aliphatic heterocycles. The number of hydrogen-bond donors (Lipinski definition) is 1. The SMILES string of the molecule is CC(=O)N1CCN(C(=O)[C@H](C)OC(=O)c2nccnc2N)CC1. The second-order valence-corrected chi connectivity index (χ2v) is 5.17. The van der Waals surface area contributed by atoms with Crippen LogP contribution in [0.3, 0.4) is 0 Å². The second kappa shape index (κ2) is 7.03. The second-order valence-electron chi connectivity index (χ2n) is 5.17. The summed E-state index contributed by atoms with van der Waals surface area (Å²) in [5.74, 6) is -1.18. The molecule has 0 spiro atoms. The lowest BCUT2D eigenvalue weighted by Gasteiger charge is -2.35. The highest BCUT2D eigenvalue weighted by atomic mass is 16.5. The van der Waals surface area contributed by atoms with Gasteiger partial charge in [0, 0.05) is 45.5 Å². The van der Waals surface area contributed by atoms with Crippen LogP contribution in [-0.4, -0.2) is 69.8 Å². The van der Waals surface area contributed by atoms with Crippen LogP contribution in [0.5, 0.6) is 0 Å². The van der Waals surface area contributed by atoms with Crippen molar-refractivity contribution in [2.75, 3.05) is 31.9 Å². The van der Waals surface area contributed by atoms with Gasteiger partial charge in [0.25, 0.3) is 5.91 Å². The predicted molar refractivity (Wildman–Crippen MR) is 80.2 cm³/mol. The van der Waals surface area contributed by atoms with E-state index >= 15 is 0 Å². The average Bonchev–Trinajstić information content (AvgIpc) is 2.54. The van der Waals surface area contributed by atoms with Crippen LogP contribution < -0.4 is 5.73 Å². The van der Waals surface area contributed by atoms with Crippen LogP contribution in [0.15, 0.2) is 12.4 Å². The van der Waals surface area contributed by atoms with Gasteiger partial charge in [-0.25, -0.2) is 14.8 Å². The highest BCUT2D eigenvalue weighted by Crippen LogP contribution is 2.10. The molecule has 0 radical (unpaired) electrons. The summed E-state index contributed by atoms with van der Waals surface area (Å²) in [6, 6.07) is 0. The molecule has 1 fully saturated rings. The summed E-state index contributed by atoms with van der Waals surface area (Å²) in [6.07, 6.45) is 1.71. The van der Waals surface area contributed by atoms with E-state index in [0.717, 1.165) is 0 Å². The molecule has 0 aliphatic carbocycles. The van der Waals surface area contributed by atoms with Gasteiger partial charge in [-0.1, -0.05) is 0 Å². The predicted octanol–water partition coefficient (Wildman–Crippen LogP) is -0.705. The van der Waals surface area contributed by atoms with E-state index < -0.39 is 12.1 Å². The number of nitrogen functional groups attached to an aromatic ring is 1. The Morgan fingerprint density at radius 1 is 1.13 bits per heavy atom. The molecule has 124 valence electrons. The molecular formula is C14H19N5O4. The molecule has 2 N–H and O–H groups in total. The zero-order chi connectivity index (χ0) is 17.0. The van der Waals surface area contributed by atoms with Crippen molar-refractivity contribution in [1.29, 1.82) is 0 Å². The topological polar surface area (TPSA) is 119 Å². The van der Waals surface area contributed by atoms with E-state index in [1.807, 2.05) is 0 Å². The maximum atomic E-state index is 12.3. The minimum Gasteiger partial charge on any atom is -0.448 e. The minimum atomic E-state index is -0.965. The van der Waals surface area contributed by atoms with Gasteiger partial charge in [-0.05, 0) is 6.92 Å². The zero-order valence-corrected chi connectivity index (χ0v) is 13.1. The van der Waals surface area contributed by atoms with Gasteiger partial charge in [-0.3, -0.25) is 9.59 Å². The maximum absolute atomic E-state index is 12.3. The van der Waals surface area contributed by atoms with Gasteiger partial charge in [0.15, 0.2) is 17.6 Å². The van der Waals surface area contributed by atoms with E-state index in [0.29, 0.717) is 26.2 Å². The van der Waals surface area contributed by atoms with Crippen molar-refractivity contribution < 1.29 is 19.1 Å². The summed E-state index contributed by atoms with van der Waals surface area (Å²) >= 11 is 0. The van der Waals surface area contributed by atoms with Crippen molar-refractivity contribution in [3.05, 3.63) is 18.1 Å². The quantitative estimate of drug-likeness (QED) is 0.731. The minimum absolute atomic E-state index is 0.0188. The number of carbonyl (C=O) groups excluding carboxylic acids is 3. The average molecular weight is 321 g/mol. The molecule has 2 rings (SSSR count). The molecule has 0 aromatic carbocycles. The Balaban J connectivity index is 1.92. The molecule has 0 saturated carbocycles. The van der Waals surface area contributed by atoms with Crippen LogP contribution in [0.1, 0.15) is 24.3 Å². The Kier molecular flexibility index (Phi) is 5.09. The number of piperazine rings is 1. The molecule has 2 heterocycles. The first kappa shape index (κ1) is 16.7. The lowest BCUT2D eigenvalue weighted by molar-refractivity contribution is -0.144. The monoisotopic (exact) mass is 321 g/mol. The van der Waals surface area contributed by atoms with E-state index in [9.17, 15) is 14.4 Å². The van der Waals surface area contributed by atoms with Crippen molar-refractivity contribution in [3.8, 4) is 0 Å². The van der Waals surface area contributed by atoms with Gasteiger partial charge in [0.2, 0.25) is 5.91 Å². The fourth-order valence-electron chi connectivity index (χ4n) is 2.27. The third kappa shape index (κ3) is 3.93. The van der Waals surface area contributed by atoms with Gasteiger partial charge < -0.3 is 20.3 Å². The fraction of sp³-hybridized carbons (Fsp3) is 0.500. The van der Waals surface area contributed by atoms with Crippen LogP contribution >= 0.6 is 0 Å². The molecule has 9 nitrogen and oxygen atoms in total. The summed E-state index contributed by atoms with van der Waals surface area (Å²) < 4.78 is 5.11. The van der Waals surface area contributed by atoms with E-state index in [1.165, 1.54) is 26.2 Å². The van der Waals surface area contributed by atoms with Crippen molar-refractivity contribution in [1.82, 2.24) is 19.8 Å². The zero-order valence-electron chi connectivity index (χ0n) is 13.1. The van der Waals surface area contributed by atoms with Gasteiger partial charge in [0.05, 0.1) is 0 Å². The Bertz CT molecular complexity index is 613. The molecule has 1 aliphatic rings. The van der Waals surface area contributed by atoms with E-state index in [1.54, 1.807) is 9.80 Å². The molecule has 2 amide bonds. The number of hydrogen-bond acceptors (Lipinski definition) is 7. The van der Waals surface area contributed by atoms with Crippen molar-refractivity contribution >= 4 is 23.6 Å². The number of amides is 2. The Morgan fingerprint density at radius 2 is 1.70 bits per heavy atom. The first-order valence-electron chi connectivity index (χ1n) is 7.22. The number of aromatic nitrogens is 2. The fourth-order valence-corrected chi connectivity index (χ4v) is 2.27. The lowest BCUT2D eigenvalue weighted by atomic mass is 10.2. The molecule has 9 heteroatoms. The van der Waals surface area contributed by atoms with Crippen molar-refractivity contribution in [2.45, 2.75) is 20.0 Å². The molecule has 1 saturated heterocycles. The number of nitrogens with zero attached hydrogens (tertiary/aromatic N) is 4. The smallest absolute Gasteiger partial charge is 0.361 e. The van der Waals surface area contributed by atoms with Crippen LogP contribution in [0.2, 0.25) is 0 Å². The first-order chi connectivity index (χ1) is 10.9. The number of ether oxygens (including phenoxy) is 1. The third-order valence-corrected chi connectivity index (χ3v) is 3.59. The molecule has 0 unspecified atom stereocenters. The van der Waals surface area contributed by atoms with Crippen LogP contribution in [0.25, 0.3) is 0 Å². The number of anilines is 1. The maximum Gasteiger partial charge on any atom is 0.361 e. The molecule has 0 bridgehead atoms. The Labute approximate surface area is 133 Å².